The lowest BCUT2D eigenvalue weighted by molar-refractivity contribution is 0.373. The molecule has 0 fully saturated rings. The average Bonchev–Trinajstić information content (AvgIpc) is 2.69. The van der Waals surface area contributed by atoms with Gasteiger partial charge in [0.2, 0.25) is 0 Å². The van der Waals surface area contributed by atoms with Crippen LogP contribution in [0.4, 0.5) is 11.4 Å². The minimum Gasteiger partial charge on any atom is -0.504 e. The maximum absolute atomic E-state index is 9.84. The van der Waals surface area contributed by atoms with Crippen molar-refractivity contribution in [2.75, 3.05) is 17.3 Å². The lowest BCUT2D eigenvalue weighted by Crippen LogP contribution is -2.34. The van der Waals surface area contributed by atoms with Gasteiger partial charge >= 0.3 is 0 Å². The molecule has 0 aliphatic carbocycles. The fourth-order valence-corrected chi connectivity index (χ4v) is 3.01. The number of nitrogens with zero attached hydrogens (tertiary/aromatic N) is 1. The topological polar surface area (TPSA) is 44.7 Å². The minimum absolute atomic E-state index is 0.119. The maximum Gasteiger partial charge on any atom is 0.178 e. The van der Waals surface area contributed by atoms with Crippen LogP contribution in [0.3, 0.4) is 0 Å². The number of aryl methyl sites for hydroxylation is 1. The molecule has 138 valence electrons. The molecule has 0 bridgehead atoms. The molecule has 3 rings (SSSR count). The van der Waals surface area contributed by atoms with Gasteiger partial charge in [0, 0.05) is 11.4 Å². The van der Waals surface area contributed by atoms with Crippen LogP contribution >= 0.6 is 12.2 Å². The predicted molar refractivity (Wildman–Crippen MR) is 115 cm³/mol. The van der Waals surface area contributed by atoms with Gasteiger partial charge in [-0.1, -0.05) is 42.0 Å². The first kappa shape index (κ1) is 18.7. The Hall–Kier alpha value is -3.05. The van der Waals surface area contributed by atoms with E-state index >= 15 is 0 Å². The molecule has 0 heterocycles. The van der Waals surface area contributed by atoms with Crippen molar-refractivity contribution in [1.82, 2.24) is 0 Å². The summed E-state index contributed by atoms with van der Waals surface area (Å²) in [6, 6.07) is 23.4. The Labute approximate surface area is 165 Å². The number of thiocarbonyl (C=S) groups is 1. The van der Waals surface area contributed by atoms with Gasteiger partial charge in [0.05, 0.1) is 13.7 Å². The molecule has 2 N–H and O–H groups in total. The van der Waals surface area contributed by atoms with Gasteiger partial charge in [-0.3, -0.25) is 0 Å². The van der Waals surface area contributed by atoms with E-state index in [1.54, 1.807) is 6.07 Å². The van der Waals surface area contributed by atoms with Gasteiger partial charge < -0.3 is 20.1 Å². The van der Waals surface area contributed by atoms with Gasteiger partial charge in [-0.2, -0.15) is 0 Å². The normalized spacial score (nSPS) is 10.3. The predicted octanol–water partition coefficient (Wildman–Crippen LogP) is 5.11. The summed E-state index contributed by atoms with van der Waals surface area (Å²) < 4.78 is 5.23. The number of phenolic OH excluding ortho intramolecular Hbond substituents is 1. The van der Waals surface area contributed by atoms with Gasteiger partial charge in [-0.25, -0.2) is 0 Å². The van der Waals surface area contributed by atoms with E-state index in [2.05, 4.69) is 24.4 Å². The van der Waals surface area contributed by atoms with Crippen LogP contribution in [0.1, 0.15) is 11.1 Å². The number of para-hydroxylation sites is 1. The van der Waals surface area contributed by atoms with Gasteiger partial charge in [0.15, 0.2) is 16.6 Å². The summed E-state index contributed by atoms with van der Waals surface area (Å²) in [4.78, 5) is 2.02. The molecular weight excluding hydrogens is 356 g/mol. The van der Waals surface area contributed by atoms with Crippen molar-refractivity contribution in [2.24, 2.45) is 0 Å². The van der Waals surface area contributed by atoms with Crippen molar-refractivity contribution in [3.8, 4) is 11.5 Å². The summed E-state index contributed by atoms with van der Waals surface area (Å²) in [5, 5.41) is 13.7. The van der Waals surface area contributed by atoms with E-state index in [-0.39, 0.29) is 5.75 Å². The zero-order valence-electron chi connectivity index (χ0n) is 15.3. The van der Waals surface area contributed by atoms with Crippen molar-refractivity contribution in [3.05, 3.63) is 83.9 Å². The maximum atomic E-state index is 9.84. The second kappa shape index (κ2) is 8.56. The molecule has 3 aromatic carbocycles. The van der Waals surface area contributed by atoms with E-state index in [0.29, 0.717) is 17.4 Å². The Morgan fingerprint density at radius 2 is 1.74 bits per heavy atom. The van der Waals surface area contributed by atoms with Gasteiger partial charge in [-0.15, -0.1) is 0 Å². The molecule has 27 heavy (non-hydrogen) atoms. The standard InChI is InChI=1S/C22H22N2O2S/c1-16-8-11-19(12-9-16)24(22(27)23-18-6-4-3-5-7-18)15-17-10-13-20(25)21(14-17)26-2/h3-14,25H,15H2,1-2H3,(H,23,27). The largest absolute Gasteiger partial charge is 0.504 e. The summed E-state index contributed by atoms with van der Waals surface area (Å²) in [6.45, 7) is 2.60. The Kier molecular flexibility index (Phi) is 5.94. The van der Waals surface area contributed by atoms with E-state index in [9.17, 15) is 5.11 Å². The van der Waals surface area contributed by atoms with Crippen LogP contribution in [0.5, 0.6) is 11.5 Å². The zero-order chi connectivity index (χ0) is 19.2. The first-order valence-electron chi connectivity index (χ1n) is 8.63. The van der Waals surface area contributed by atoms with Gasteiger partial charge in [0.25, 0.3) is 0 Å². The van der Waals surface area contributed by atoms with Crippen LogP contribution in [0.2, 0.25) is 0 Å². The number of rotatable bonds is 5. The molecule has 0 atom stereocenters. The third-order valence-electron chi connectivity index (χ3n) is 4.20. The van der Waals surface area contributed by atoms with Crippen LogP contribution < -0.4 is 15.0 Å². The summed E-state index contributed by atoms with van der Waals surface area (Å²) in [6.07, 6.45) is 0. The first-order chi connectivity index (χ1) is 13.1. The quantitative estimate of drug-likeness (QED) is 0.604. The lowest BCUT2D eigenvalue weighted by atomic mass is 10.1. The van der Waals surface area contributed by atoms with Crippen LogP contribution in [-0.4, -0.2) is 17.3 Å². The van der Waals surface area contributed by atoms with E-state index in [1.807, 2.05) is 59.5 Å². The molecule has 4 nitrogen and oxygen atoms in total. The molecule has 0 radical (unpaired) electrons. The highest BCUT2D eigenvalue weighted by Gasteiger charge is 2.14. The number of nitrogens with one attached hydrogen (secondary N) is 1. The third-order valence-corrected chi connectivity index (χ3v) is 4.52. The molecule has 0 aliphatic heterocycles. The average molecular weight is 378 g/mol. The third kappa shape index (κ3) is 4.77. The number of anilines is 2. The fraction of sp³-hybridized carbons (Fsp3) is 0.136. The van der Waals surface area contributed by atoms with E-state index in [4.69, 9.17) is 17.0 Å². The Morgan fingerprint density at radius 1 is 1.04 bits per heavy atom. The van der Waals surface area contributed by atoms with Crippen LogP contribution in [-0.2, 0) is 6.54 Å². The highest BCUT2D eigenvalue weighted by Crippen LogP contribution is 2.28. The van der Waals surface area contributed by atoms with Crippen molar-refractivity contribution < 1.29 is 9.84 Å². The first-order valence-corrected chi connectivity index (χ1v) is 9.04. The number of hydrogen-bond acceptors (Lipinski definition) is 3. The molecule has 5 heteroatoms. The lowest BCUT2D eigenvalue weighted by Gasteiger charge is -2.26. The van der Waals surface area contributed by atoms with Crippen LogP contribution in [0.25, 0.3) is 0 Å². The molecule has 0 unspecified atom stereocenters. The van der Waals surface area contributed by atoms with E-state index in [0.717, 1.165) is 16.9 Å². The SMILES string of the molecule is COc1cc(CN(C(=S)Nc2ccccc2)c2ccc(C)cc2)ccc1O. The van der Waals surface area contributed by atoms with Crippen molar-refractivity contribution in [2.45, 2.75) is 13.5 Å². The highest BCUT2D eigenvalue weighted by molar-refractivity contribution is 7.80. The zero-order valence-corrected chi connectivity index (χ0v) is 16.2. The van der Waals surface area contributed by atoms with Crippen molar-refractivity contribution in [3.63, 3.8) is 0 Å². The van der Waals surface area contributed by atoms with Crippen molar-refractivity contribution >= 4 is 28.7 Å². The monoisotopic (exact) mass is 378 g/mol. The summed E-state index contributed by atoms with van der Waals surface area (Å²) >= 11 is 5.69. The summed E-state index contributed by atoms with van der Waals surface area (Å²) in [7, 11) is 1.54. The minimum atomic E-state index is 0.119. The molecule has 0 saturated heterocycles. The number of ether oxygens (including phenoxy) is 1. The number of hydrogen-bond donors (Lipinski definition) is 2. The van der Waals surface area contributed by atoms with Gasteiger partial charge in [-0.05, 0) is 61.1 Å². The molecule has 0 spiro atoms. The van der Waals surface area contributed by atoms with Crippen LogP contribution in [0, 0.1) is 6.92 Å². The molecule has 0 aromatic heterocycles. The Bertz CT molecular complexity index is 911. The Balaban J connectivity index is 1.89. The summed E-state index contributed by atoms with van der Waals surface area (Å²) in [5.74, 6) is 0.561. The number of aromatic hydroxyl groups is 1. The number of phenols is 1. The second-order valence-corrected chi connectivity index (χ2v) is 6.61. The number of benzene rings is 3. The molecule has 0 aliphatic rings. The molecule has 3 aromatic rings. The molecule has 0 amide bonds. The van der Waals surface area contributed by atoms with E-state index < -0.39 is 0 Å². The summed E-state index contributed by atoms with van der Waals surface area (Å²) in [5.41, 5.74) is 4.08. The Morgan fingerprint density at radius 3 is 2.41 bits per heavy atom. The highest BCUT2D eigenvalue weighted by atomic mass is 32.1. The fourth-order valence-electron chi connectivity index (χ4n) is 2.72. The van der Waals surface area contributed by atoms with Gasteiger partial charge in [0.1, 0.15) is 0 Å². The number of methoxy groups -OCH3 is 1. The van der Waals surface area contributed by atoms with E-state index in [1.165, 1.54) is 12.7 Å². The molecule has 0 saturated carbocycles. The smallest absolute Gasteiger partial charge is 0.178 e. The van der Waals surface area contributed by atoms with Crippen molar-refractivity contribution in [1.29, 1.82) is 0 Å². The second-order valence-electron chi connectivity index (χ2n) is 6.22. The van der Waals surface area contributed by atoms with Crippen LogP contribution in [0.15, 0.2) is 72.8 Å². The molecular formula is C22H22N2O2S.